The molecule has 2 unspecified atom stereocenters. The minimum Gasteiger partial charge on any atom is -0.353 e. The molecule has 0 aliphatic carbocycles. The Hall–Kier alpha value is -1.31. The second-order valence-electron chi connectivity index (χ2n) is 8.10. The summed E-state index contributed by atoms with van der Waals surface area (Å²) in [4.78, 5) is 17.4. The topological polar surface area (TPSA) is 48.5 Å². The van der Waals surface area contributed by atoms with Crippen molar-refractivity contribution >= 4 is 45.1 Å². The highest BCUT2D eigenvalue weighted by Gasteiger charge is 2.48. The molecule has 2 aliphatic rings. The van der Waals surface area contributed by atoms with Gasteiger partial charge in [-0.25, -0.2) is 0 Å². The quantitative estimate of drug-likeness (QED) is 0.656. The number of aromatic nitrogens is 1. The Morgan fingerprint density at radius 1 is 1.14 bits per heavy atom. The van der Waals surface area contributed by atoms with Crippen LogP contribution >= 0.6 is 23.3 Å². The van der Waals surface area contributed by atoms with Crippen LogP contribution in [0.15, 0.2) is 24.3 Å². The lowest BCUT2D eigenvalue weighted by Crippen LogP contribution is -2.60. The third-order valence-corrected chi connectivity index (χ3v) is 8.59. The van der Waals surface area contributed by atoms with E-state index in [-0.39, 0.29) is 16.2 Å². The van der Waals surface area contributed by atoms with Crippen LogP contribution in [0.25, 0.3) is 10.1 Å². The number of anilines is 1. The van der Waals surface area contributed by atoms with Crippen molar-refractivity contribution in [2.45, 2.75) is 62.6 Å². The van der Waals surface area contributed by atoms with Gasteiger partial charge in [0.25, 0.3) is 0 Å². The van der Waals surface area contributed by atoms with Crippen LogP contribution in [0.5, 0.6) is 0 Å². The van der Waals surface area contributed by atoms with Gasteiger partial charge in [0.2, 0.25) is 5.91 Å². The number of hydrogen-bond acceptors (Lipinski definition) is 6. The van der Waals surface area contributed by atoms with Gasteiger partial charge in [-0.2, -0.15) is 4.37 Å². The molecule has 2 atom stereocenters. The highest BCUT2D eigenvalue weighted by Crippen LogP contribution is 2.43. The van der Waals surface area contributed by atoms with E-state index in [1.54, 1.807) is 11.5 Å². The molecule has 29 heavy (non-hydrogen) atoms. The molecule has 2 fully saturated rings. The monoisotopic (exact) mass is 432 g/mol. The van der Waals surface area contributed by atoms with Gasteiger partial charge in [-0.3, -0.25) is 9.69 Å². The summed E-state index contributed by atoms with van der Waals surface area (Å²) < 4.78 is 5.99. The number of benzene rings is 1. The van der Waals surface area contributed by atoms with E-state index >= 15 is 0 Å². The first-order valence-electron chi connectivity index (χ1n) is 11.0. The van der Waals surface area contributed by atoms with Gasteiger partial charge in [0.05, 0.1) is 9.95 Å². The number of nitrogens with one attached hydrogen (secondary N) is 1. The molecule has 0 radical (unpaired) electrons. The van der Waals surface area contributed by atoms with Crippen LogP contribution < -0.4 is 10.2 Å². The van der Waals surface area contributed by atoms with Gasteiger partial charge >= 0.3 is 0 Å². The number of piperazine rings is 1. The predicted molar refractivity (Wildman–Crippen MR) is 125 cm³/mol. The van der Waals surface area contributed by atoms with Crippen LogP contribution in [-0.4, -0.2) is 51.6 Å². The predicted octanol–water partition coefficient (Wildman–Crippen LogP) is 4.68. The van der Waals surface area contributed by atoms with Gasteiger partial charge in [0.15, 0.2) is 0 Å². The average molecular weight is 433 g/mol. The first-order chi connectivity index (χ1) is 14.2. The summed E-state index contributed by atoms with van der Waals surface area (Å²) in [5.74, 6) is 1.37. The Morgan fingerprint density at radius 2 is 1.90 bits per heavy atom. The summed E-state index contributed by atoms with van der Waals surface area (Å²) in [6, 6.07) is 8.49. The lowest BCUT2D eigenvalue weighted by Gasteiger charge is -2.45. The van der Waals surface area contributed by atoms with Crippen LogP contribution in [-0.2, 0) is 4.79 Å². The number of nitrogens with zero attached hydrogens (tertiary/aromatic N) is 3. The number of carbonyl (C=O) groups is 1. The highest BCUT2D eigenvalue weighted by molar-refractivity contribution is 8.02. The minimum absolute atomic E-state index is 0.104. The van der Waals surface area contributed by atoms with E-state index in [9.17, 15) is 4.79 Å². The van der Waals surface area contributed by atoms with Crippen LogP contribution in [0.2, 0.25) is 0 Å². The zero-order valence-electron chi connectivity index (χ0n) is 17.5. The Labute approximate surface area is 182 Å². The van der Waals surface area contributed by atoms with E-state index in [4.69, 9.17) is 4.37 Å². The summed E-state index contributed by atoms with van der Waals surface area (Å²) in [6.07, 6.45) is 6.59. The number of carbonyl (C=O) groups excluding carboxylic acids is 1. The summed E-state index contributed by atoms with van der Waals surface area (Å²) >= 11 is 3.47. The fourth-order valence-corrected chi connectivity index (χ4v) is 6.87. The normalized spacial score (nSPS) is 25.7. The van der Waals surface area contributed by atoms with Crippen molar-refractivity contribution in [2.24, 2.45) is 0 Å². The van der Waals surface area contributed by atoms with Crippen LogP contribution in [0.3, 0.4) is 0 Å². The average Bonchev–Trinajstić information content (AvgIpc) is 3.32. The molecule has 1 N–H and O–H groups in total. The van der Waals surface area contributed by atoms with Crippen molar-refractivity contribution in [2.75, 3.05) is 31.1 Å². The fourth-order valence-electron chi connectivity index (χ4n) is 4.40. The number of thioether (sulfide) groups is 1. The largest absolute Gasteiger partial charge is 0.353 e. The molecule has 158 valence electrons. The molecule has 7 heteroatoms. The summed E-state index contributed by atoms with van der Waals surface area (Å²) in [5, 5.41) is 4.79. The zero-order valence-corrected chi connectivity index (χ0v) is 19.2. The number of hydrogen-bond donors (Lipinski definition) is 1. The Kier molecular flexibility index (Phi) is 6.66. The van der Waals surface area contributed by atoms with Crippen LogP contribution in [0.1, 0.15) is 52.4 Å². The molecule has 5 nitrogen and oxygen atoms in total. The lowest BCUT2D eigenvalue weighted by atomic mass is 10.1. The smallest absolute Gasteiger partial charge is 0.235 e. The Morgan fingerprint density at radius 3 is 2.66 bits per heavy atom. The summed E-state index contributed by atoms with van der Waals surface area (Å²) in [6.45, 7) is 8.26. The molecule has 0 saturated carbocycles. The van der Waals surface area contributed by atoms with E-state index in [0.29, 0.717) is 0 Å². The van der Waals surface area contributed by atoms with Crippen LogP contribution in [0, 0.1) is 0 Å². The number of fused-ring (bicyclic) bond motifs is 1. The maximum Gasteiger partial charge on any atom is 0.235 e. The molecule has 0 spiro atoms. The first-order valence-corrected chi connectivity index (χ1v) is 12.7. The maximum atomic E-state index is 12.7. The van der Waals surface area contributed by atoms with Crippen molar-refractivity contribution in [1.82, 2.24) is 14.6 Å². The van der Waals surface area contributed by atoms with Crippen molar-refractivity contribution in [3.63, 3.8) is 0 Å². The molecule has 3 heterocycles. The highest BCUT2D eigenvalue weighted by atomic mass is 32.2. The van der Waals surface area contributed by atoms with E-state index in [1.165, 1.54) is 10.1 Å². The fraction of sp³-hybridized carbons (Fsp3) is 0.636. The van der Waals surface area contributed by atoms with E-state index in [2.05, 4.69) is 53.2 Å². The molecular formula is C22H32N4OS2. The van der Waals surface area contributed by atoms with Gasteiger partial charge in [-0.05, 0) is 42.9 Å². The molecule has 1 aromatic heterocycles. The molecule has 1 amide bonds. The molecule has 2 saturated heterocycles. The van der Waals surface area contributed by atoms with Gasteiger partial charge in [0, 0.05) is 31.6 Å². The van der Waals surface area contributed by atoms with Crippen molar-refractivity contribution in [3.05, 3.63) is 24.3 Å². The number of amides is 1. The minimum atomic E-state index is -0.221. The van der Waals surface area contributed by atoms with E-state index in [1.807, 2.05) is 11.8 Å². The van der Waals surface area contributed by atoms with Gasteiger partial charge < -0.3 is 10.2 Å². The maximum absolute atomic E-state index is 12.7. The van der Waals surface area contributed by atoms with Crippen molar-refractivity contribution in [1.29, 1.82) is 0 Å². The van der Waals surface area contributed by atoms with E-state index < -0.39 is 0 Å². The Bertz CT molecular complexity index is 833. The molecular weight excluding hydrogens is 400 g/mol. The van der Waals surface area contributed by atoms with Crippen LogP contribution in [0.4, 0.5) is 5.82 Å². The molecule has 2 aromatic rings. The zero-order chi connectivity index (χ0) is 20.3. The second-order valence-corrected chi connectivity index (χ2v) is 10.4. The third-order valence-electron chi connectivity index (χ3n) is 6.09. The summed E-state index contributed by atoms with van der Waals surface area (Å²) in [7, 11) is 0. The first kappa shape index (κ1) is 20.9. The number of unbranched alkanes of at least 4 members (excludes halogenated alkanes) is 2. The SMILES string of the molecule is CCCCC1SC(CCCC)(N2CCN(c3nsc4ccccc34)CC2)NC1=O. The molecule has 0 bridgehead atoms. The van der Waals surface area contributed by atoms with E-state index in [0.717, 1.165) is 70.5 Å². The standard InChI is InChI=1S/C22H32N4OS2/c1-3-5-10-19-21(27)23-22(28-19,12-6-4-2)26-15-13-25(14-16-26)20-17-9-7-8-11-18(17)29-24-20/h7-9,11,19H,3-6,10,12-16H2,1-2H3,(H,23,27). The molecule has 4 rings (SSSR count). The molecule has 2 aliphatic heterocycles. The second kappa shape index (κ2) is 9.23. The van der Waals surface area contributed by atoms with Crippen molar-refractivity contribution in [3.8, 4) is 0 Å². The lowest BCUT2D eigenvalue weighted by molar-refractivity contribution is -0.122. The number of rotatable bonds is 8. The van der Waals surface area contributed by atoms with Gasteiger partial charge in [-0.15, -0.1) is 11.8 Å². The van der Waals surface area contributed by atoms with Crippen molar-refractivity contribution < 1.29 is 4.79 Å². The van der Waals surface area contributed by atoms with Gasteiger partial charge in [-0.1, -0.05) is 45.2 Å². The summed E-state index contributed by atoms with van der Waals surface area (Å²) in [5.41, 5.74) is 0. The Balaban J connectivity index is 1.46. The third kappa shape index (κ3) is 4.28. The molecule has 1 aromatic carbocycles. The van der Waals surface area contributed by atoms with Gasteiger partial charge in [0.1, 0.15) is 10.8 Å².